The third-order valence-electron chi connectivity index (χ3n) is 1.24. The fourth-order valence-electron chi connectivity index (χ4n) is 0.882. The zero-order chi connectivity index (χ0) is 17.6. The molecule has 7 nitrogen and oxygen atoms in total. The van der Waals surface area contributed by atoms with Gasteiger partial charge in [0.25, 0.3) is 0 Å². The average Bonchev–Trinajstić information content (AvgIpc) is 2.10. The molecule has 0 fully saturated rings. The normalized spacial score (nSPS) is 10.4. The number of aliphatic hydroxyl groups excluding tert-OH is 3. The fourth-order valence-corrected chi connectivity index (χ4v) is 0.882. The minimum atomic E-state index is -0.125. The molecule has 0 spiro atoms. The molecule has 23 heavy (non-hydrogen) atoms. The summed E-state index contributed by atoms with van der Waals surface area (Å²) < 4.78 is 0. The van der Waals surface area contributed by atoms with Gasteiger partial charge in [-0.25, -0.2) is 0 Å². The van der Waals surface area contributed by atoms with Crippen molar-refractivity contribution in [2.45, 2.75) is 41.5 Å². The van der Waals surface area contributed by atoms with Gasteiger partial charge in [-0.3, -0.25) is 14.4 Å². The summed E-state index contributed by atoms with van der Waals surface area (Å²) in [5.41, 5.74) is 0. The molecule has 5 N–H and O–H groups in total. The zero-order valence-electron chi connectivity index (χ0n) is 14.4. The average molecular weight is 363 g/mol. The van der Waals surface area contributed by atoms with Gasteiger partial charge in [-0.1, -0.05) is 0 Å². The molecule has 1 radical (unpaired) electrons. The van der Waals surface area contributed by atoms with E-state index in [1.807, 2.05) is 0 Å². The van der Waals surface area contributed by atoms with Gasteiger partial charge in [0.1, 0.15) is 0 Å². The molecule has 0 aromatic heterocycles. The molecule has 0 aliphatic carbocycles. The SMILES string of the molecule is CC(=O)/C=C(/C)O.CC(=O)/C=C(/C)O.CC(=O)/C=C(\C)O.O.[Sc]. The number of allylic oxidation sites excluding steroid dienone is 6. The Kier molecular flexibility index (Phi) is 29.5. The maximum absolute atomic E-state index is 10.0. The van der Waals surface area contributed by atoms with E-state index in [9.17, 15) is 14.4 Å². The van der Waals surface area contributed by atoms with E-state index in [0.29, 0.717) is 0 Å². The van der Waals surface area contributed by atoms with Gasteiger partial charge < -0.3 is 20.8 Å². The molecule has 0 aliphatic rings. The van der Waals surface area contributed by atoms with Gasteiger partial charge in [0, 0.05) is 44.1 Å². The molecule has 0 atom stereocenters. The third kappa shape index (κ3) is 63.7. The Labute approximate surface area is 155 Å². The number of carbonyl (C=O) groups excluding carboxylic acids is 3. The van der Waals surface area contributed by atoms with Crippen LogP contribution in [0.25, 0.3) is 0 Å². The summed E-state index contributed by atoms with van der Waals surface area (Å²) in [6, 6.07) is 0. The van der Waals surface area contributed by atoms with Gasteiger partial charge >= 0.3 is 0 Å². The van der Waals surface area contributed by atoms with E-state index in [4.69, 9.17) is 15.3 Å². The molecular weight excluding hydrogens is 337 g/mol. The van der Waals surface area contributed by atoms with Crippen molar-refractivity contribution in [1.29, 1.82) is 0 Å². The summed E-state index contributed by atoms with van der Waals surface area (Å²) in [5.74, 6) is -0.187. The molecule has 0 bridgehead atoms. The largest absolute Gasteiger partial charge is 0.512 e. The molecule has 0 amide bonds. The first-order chi connectivity index (χ1) is 9.38. The van der Waals surface area contributed by atoms with E-state index in [0.717, 1.165) is 0 Å². The van der Waals surface area contributed by atoms with Crippen molar-refractivity contribution in [1.82, 2.24) is 0 Å². The number of rotatable bonds is 3. The Morgan fingerprint density at radius 3 is 0.696 bits per heavy atom. The Morgan fingerprint density at radius 1 is 0.565 bits per heavy atom. The van der Waals surface area contributed by atoms with Crippen molar-refractivity contribution in [2.75, 3.05) is 0 Å². The quantitative estimate of drug-likeness (QED) is 0.518. The zero-order valence-corrected chi connectivity index (χ0v) is 16.2. The van der Waals surface area contributed by atoms with E-state index >= 15 is 0 Å². The van der Waals surface area contributed by atoms with Crippen LogP contribution in [0.5, 0.6) is 0 Å². The maximum Gasteiger partial charge on any atom is 0.155 e. The summed E-state index contributed by atoms with van der Waals surface area (Å²) in [6.07, 6.45) is 3.50. The van der Waals surface area contributed by atoms with Crippen LogP contribution in [0.2, 0.25) is 0 Å². The molecule has 0 unspecified atom stereocenters. The van der Waals surface area contributed by atoms with Crippen LogP contribution < -0.4 is 0 Å². The summed E-state index contributed by atoms with van der Waals surface area (Å²) >= 11 is 0. The molecule has 0 heterocycles. The molecular formula is C15H26O7Sc. The van der Waals surface area contributed by atoms with E-state index in [1.54, 1.807) is 0 Å². The molecule has 0 aromatic carbocycles. The van der Waals surface area contributed by atoms with Crippen molar-refractivity contribution in [3.63, 3.8) is 0 Å². The molecule has 0 saturated heterocycles. The predicted octanol–water partition coefficient (Wildman–Crippen LogP) is 2.28. The van der Waals surface area contributed by atoms with Crippen LogP contribution in [0.15, 0.2) is 35.5 Å². The van der Waals surface area contributed by atoms with Crippen molar-refractivity contribution in [2.24, 2.45) is 0 Å². The number of ketones is 3. The minimum absolute atomic E-state index is 0. The Bertz CT molecular complexity index is 370. The monoisotopic (exact) mass is 363 g/mol. The molecule has 0 aliphatic heterocycles. The van der Waals surface area contributed by atoms with E-state index in [1.165, 1.54) is 59.8 Å². The van der Waals surface area contributed by atoms with Crippen molar-refractivity contribution in [3.05, 3.63) is 35.5 Å². The third-order valence-corrected chi connectivity index (χ3v) is 1.24. The smallest absolute Gasteiger partial charge is 0.155 e. The number of carbonyl (C=O) groups is 3. The van der Waals surface area contributed by atoms with Crippen molar-refractivity contribution in [3.8, 4) is 0 Å². The van der Waals surface area contributed by atoms with Crippen LogP contribution in [-0.4, -0.2) is 38.1 Å². The van der Waals surface area contributed by atoms with Crippen LogP contribution in [0.4, 0.5) is 0 Å². The Hall–Kier alpha value is -1.54. The van der Waals surface area contributed by atoms with Gasteiger partial charge in [-0.15, -0.1) is 0 Å². The van der Waals surface area contributed by atoms with Crippen molar-refractivity contribution >= 4 is 17.3 Å². The Morgan fingerprint density at radius 2 is 0.696 bits per heavy atom. The second-order valence-electron chi connectivity index (χ2n) is 4.19. The van der Waals surface area contributed by atoms with Crippen LogP contribution in [0.1, 0.15) is 41.5 Å². The molecule has 0 aromatic rings. The molecule has 0 saturated carbocycles. The molecule has 8 heteroatoms. The van der Waals surface area contributed by atoms with Crippen LogP contribution >= 0.6 is 0 Å². The second kappa shape index (κ2) is 20.5. The van der Waals surface area contributed by atoms with E-state index < -0.39 is 0 Å². The summed E-state index contributed by atoms with van der Waals surface area (Å²) in [5, 5.41) is 25.1. The molecule has 131 valence electrons. The van der Waals surface area contributed by atoms with Crippen LogP contribution in [0.3, 0.4) is 0 Å². The van der Waals surface area contributed by atoms with Crippen molar-refractivity contribution < 1.29 is 61.0 Å². The topological polar surface area (TPSA) is 143 Å². The van der Waals surface area contributed by atoms with Gasteiger partial charge in [-0.2, -0.15) is 0 Å². The first kappa shape index (κ1) is 33.2. The number of hydrogen-bond acceptors (Lipinski definition) is 6. The minimum Gasteiger partial charge on any atom is -0.512 e. The summed E-state index contributed by atoms with van der Waals surface area (Å²) in [4.78, 5) is 30.1. The Balaban J connectivity index is -0.0000000675. The maximum atomic E-state index is 10.0. The number of aliphatic hydroxyl groups is 3. The van der Waals surface area contributed by atoms with Crippen LogP contribution in [-0.2, 0) is 40.2 Å². The second-order valence-corrected chi connectivity index (χ2v) is 4.19. The van der Waals surface area contributed by atoms with Gasteiger partial charge in [0.2, 0.25) is 0 Å². The van der Waals surface area contributed by atoms with E-state index in [-0.39, 0.29) is 65.9 Å². The van der Waals surface area contributed by atoms with Gasteiger partial charge in [0.05, 0.1) is 17.3 Å². The first-order valence-corrected chi connectivity index (χ1v) is 6.02. The standard InChI is InChI=1S/3C5H8O2.H2O.Sc/c3*1-4(6)3-5(2)7;;/h3*3,6H,1-2H3;1H2;/b4-3+;2*4-3-;;. The van der Waals surface area contributed by atoms with Gasteiger partial charge in [-0.05, 0) is 41.5 Å². The van der Waals surface area contributed by atoms with Crippen LogP contribution in [0, 0.1) is 0 Å². The van der Waals surface area contributed by atoms with Gasteiger partial charge in [0.15, 0.2) is 17.3 Å². The number of hydrogen-bond donors (Lipinski definition) is 3. The predicted molar refractivity (Wildman–Crippen MR) is 84.8 cm³/mol. The van der Waals surface area contributed by atoms with E-state index in [2.05, 4.69) is 0 Å². The summed E-state index contributed by atoms with van der Waals surface area (Å²) in [7, 11) is 0. The summed E-state index contributed by atoms with van der Waals surface area (Å²) in [6.45, 7) is 8.54. The first-order valence-electron chi connectivity index (χ1n) is 6.02. The molecule has 0 rings (SSSR count). The fraction of sp³-hybridized carbons (Fsp3) is 0.400.